The van der Waals surface area contributed by atoms with Gasteiger partial charge < -0.3 is 15.2 Å². The molecule has 0 fully saturated rings. The second-order valence-electron chi connectivity index (χ2n) is 5.35. The van der Waals surface area contributed by atoms with E-state index in [1.807, 2.05) is 0 Å². The molecule has 0 amide bonds. The number of hydrazone groups is 1. The quantitative estimate of drug-likeness (QED) is 0.267. The fourth-order valence-corrected chi connectivity index (χ4v) is 3.51. The third-order valence-electron chi connectivity index (χ3n) is 3.50. The van der Waals surface area contributed by atoms with Gasteiger partial charge in [0.1, 0.15) is 5.75 Å². The van der Waals surface area contributed by atoms with E-state index < -0.39 is 0 Å². The van der Waals surface area contributed by atoms with Gasteiger partial charge in [0.2, 0.25) is 0 Å². The average Bonchev–Trinajstić information content (AvgIpc) is 3.03. The van der Waals surface area contributed by atoms with Crippen LogP contribution in [0.3, 0.4) is 0 Å². The highest BCUT2D eigenvalue weighted by Crippen LogP contribution is 2.40. The minimum Gasteiger partial charge on any atom is -0.506 e. The van der Waals surface area contributed by atoms with E-state index in [4.69, 9.17) is 35.4 Å². The molecule has 3 N–H and O–H groups in total. The van der Waals surface area contributed by atoms with Crippen LogP contribution in [-0.2, 0) is 9.53 Å². The summed E-state index contributed by atoms with van der Waals surface area (Å²) in [5.41, 5.74) is 4.56. The summed E-state index contributed by atoms with van der Waals surface area (Å²) in [6.07, 6.45) is 0.194. The van der Waals surface area contributed by atoms with Crippen LogP contribution in [0.2, 0.25) is 10.0 Å². The molecule has 0 bridgehead atoms. The predicted octanol–water partition coefficient (Wildman–Crippen LogP) is 4.18. The number of methoxy groups -OCH3 is 1. The second-order valence-corrected chi connectivity index (χ2v) is 7.45. The molecule has 0 unspecified atom stereocenters. The Bertz CT molecular complexity index is 884. The molecule has 2 aromatic rings. The Labute approximate surface area is 176 Å². The summed E-state index contributed by atoms with van der Waals surface area (Å²) < 4.78 is 4.54. The minimum atomic E-state index is -0.331. The molecule has 1 aromatic heterocycles. The van der Waals surface area contributed by atoms with Gasteiger partial charge in [-0.2, -0.15) is 5.10 Å². The third kappa shape index (κ3) is 5.80. The number of halogens is 2. The first-order chi connectivity index (χ1) is 12.8. The molecular formula is C17H17Cl2N3O3S2. The number of benzene rings is 1. The number of rotatable bonds is 6. The fourth-order valence-electron chi connectivity index (χ4n) is 2.07. The van der Waals surface area contributed by atoms with Crippen LogP contribution in [0.1, 0.15) is 18.9 Å². The highest BCUT2D eigenvalue weighted by molar-refractivity contribution is 7.80. The Kier molecular flexibility index (Phi) is 7.85. The molecule has 1 heterocycles. The molecule has 2 rings (SSSR count). The lowest BCUT2D eigenvalue weighted by Gasteiger charge is -2.07. The second kappa shape index (κ2) is 9.89. The number of nitrogens with zero attached hydrogens (tertiary/aromatic N) is 1. The maximum atomic E-state index is 11.0. The number of nitrogens with one attached hydrogen (secondary N) is 2. The Morgan fingerprint density at radius 2 is 2.11 bits per heavy atom. The van der Waals surface area contributed by atoms with Crippen LogP contribution in [0, 0.1) is 0 Å². The topological polar surface area (TPSA) is 83.0 Å². The van der Waals surface area contributed by atoms with Crippen LogP contribution in [-0.4, -0.2) is 35.6 Å². The van der Waals surface area contributed by atoms with Crippen molar-refractivity contribution >= 4 is 63.5 Å². The number of carbonyl (C=O) groups is 1. The van der Waals surface area contributed by atoms with Gasteiger partial charge in [0.05, 0.1) is 39.7 Å². The molecule has 0 radical (unpaired) electrons. The van der Waals surface area contributed by atoms with E-state index in [0.29, 0.717) is 32.7 Å². The molecule has 0 spiro atoms. The van der Waals surface area contributed by atoms with Crippen LogP contribution in [0.25, 0.3) is 10.4 Å². The van der Waals surface area contributed by atoms with Crippen molar-refractivity contribution in [2.24, 2.45) is 5.10 Å². The van der Waals surface area contributed by atoms with Crippen LogP contribution in [0.15, 0.2) is 28.7 Å². The van der Waals surface area contributed by atoms with Crippen LogP contribution >= 0.6 is 46.8 Å². The molecule has 0 aliphatic heterocycles. The van der Waals surface area contributed by atoms with Crippen molar-refractivity contribution < 1.29 is 14.6 Å². The van der Waals surface area contributed by atoms with E-state index in [-0.39, 0.29) is 23.3 Å². The van der Waals surface area contributed by atoms with Gasteiger partial charge in [-0.1, -0.05) is 29.3 Å². The summed E-state index contributed by atoms with van der Waals surface area (Å²) in [7, 11) is 1.33. The third-order valence-corrected chi connectivity index (χ3v) is 5.50. The fraction of sp³-hybridized carbons (Fsp3) is 0.235. The van der Waals surface area contributed by atoms with Crippen LogP contribution in [0.4, 0.5) is 0 Å². The Balaban J connectivity index is 2.04. The van der Waals surface area contributed by atoms with Crippen molar-refractivity contribution in [2.75, 3.05) is 13.7 Å². The Morgan fingerprint density at radius 3 is 2.78 bits per heavy atom. The lowest BCUT2D eigenvalue weighted by Crippen LogP contribution is -2.34. The summed E-state index contributed by atoms with van der Waals surface area (Å²) in [4.78, 5) is 11.7. The zero-order chi connectivity index (χ0) is 20.0. The monoisotopic (exact) mass is 445 g/mol. The molecule has 10 heteroatoms. The van der Waals surface area contributed by atoms with Gasteiger partial charge in [0.15, 0.2) is 5.11 Å². The van der Waals surface area contributed by atoms with Gasteiger partial charge in [-0.25, -0.2) is 0 Å². The summed E-state index contributed by atoms with van der Waals surface area (Å²) in [6, 6.07) is 5.16. The number of ether oxygens (including phenoxy) is 1. The summed E-state index contributed by atoms with van der Waals surface area (Å²) in [5.74, 6) is -0.228. The Morgan fingerprint density at radius 1 is 1.37 bits per heavy atom. The lowest BCUT2D eigenvalue weighted by atomic mass is 10.1. The summed E-state index contributed by atoms with van der Waals surface area (Å²) in [5, 5.41) is 20.5. The molecule has 0 saturated heterocycles. The zero-order valence-electron chi connectivity index (χ0n) is 14.5. The average molecular weight is 446 g/mol. The maximum absolute atomic E-state index is 11.0. The van der Waals surface area contributed by atoms with Crippen molar-refractivity contribution in [2.45, 2.75) is 13.3 Å². The molecular weight excluding hydrogens is 429 g/mol. The van der Waals surface area contributed by atoms with Crippen LogP contribution < -0.4 is 10.7 Å². The number of hydrogen-bond acceptors (Lipinski definition) is 6. The van der Waals surface area contributed by atoms with E-state index in [1.54, 1.807) is 30.5 Å². The number of hydrogen-bond donors (Lipinski definition) is 3. The molecule has 0 aliphatic rings. The van der Waals surface area contributed by atoms with E-state index in [1.165, 1.54) is 18.4 Å². The van der Waals surface area contributed by atoms with Crippen molar-refractivity contribution in [3.63, 3.8) is 0 Å². The van der Waals surface area contributed by atoms with Crippen molar-refractivity contribution in [3.8, 4) is 16.2 Å². The predicted molar refractivity (Wildman–Crippen MR) is 114 cm³/mol. The summed E-state index contributed by atoms with van der Waals surface area (Å²) >= 11 is 18.4. The maximum Gasteiger partial charge on any atom is 0.307 e. The molecule has 1 aromatic carbocycles. The number of carbonyl (C=O) groups excluding carboxylic acids is 1. The van der Waals surface area contributed by atoms with Gasteiger partial charge in [0, 0.05) is 11.9 Å². The molecule has 0 saturated carbocycles. The Hall–Kier alpha value is -1.87. The standard InChI is InChI=1S/C17H17Cl2N3O3S2/c1-9(21-22-17(26)20-6-5-14(23)25-2)11-8-27-16(15(11)24)10-3-4-12(18)13(19)7-10/h3-4,7-8,24H,5-6H2,1-2H3,(H2,20,22,26). The summed E-state index contributed by atoms with van der Waals surface area (Å²) in [6.45, 7) is 2.07. The zero-order valence-corrected chi connectivity index (χ0v) is 17.7. The van der Waals surface area contributed by atoms with Gasteiger partial charge in [-0.3, -0.25) is 10.2 Å². The van der Waals surface area contributed by atoms with Crippen LogP contribution in [0.5, 0.6) is 5.75 Å². The van der Waals surface area contributed by atoms with E-state index >= 15 is 0 Å². The minimum absolute atomic E-state index is 0.103. The molecule has 6 nitrogen and oxygen atoms in total. The van der Waals surface area contributed by atoms with Gasteiger partial charge in [0.25, 0.3) is 0 Å². The number of thiophene rings is 1. The normalized spacial score (nSPS) is 11.2. The van der Waals surface area contributed by atoms with E-state index in [0.717, 1.165) is 5.56 Å². The lowest BCUT2D eigenvalue weighted by molar-refractivity contribution is -0.140. The first kappa shape index (κ1) is 21.4. The molecule has 0 atom stereocenters. The molecule has 144 valence electrons. The van der Waals surface area contributed by atoms with E-state index in [2.05, 4.69) is 20.6 Å². The first-order valence-electron chi connectivity index (χ1n) is 7.74. The molecule has 27 heavy (non-hydrogen) atoms. The van der Waals surface area contributed by atoms with E-state index in [9.17, 15) is 9.90 Å². The SMILES string of the molecule is COC(=O)CCNC(=S)NN=C(C)c1csc(-c2ccc(Cl)c(Cl)c2)c1O. The number of esters is 1. The highest BCUT2D eigenvalue weighted by Gasteiger charge is 2.15. The number of aromatic hydroxyl groups is 1. The smallest absolute Gasteiger partial charge is 0.307 e. The van der Waals surface area contributed by atoms with Crippen molar-refractivity contribution in [1.29, 1.82) is 0 Å². The molecule has 0 aliphatic carbocycles. The van der Waals surface area contributed by atoms with Crippen molar-refractivity contribution in [1.82, 2.24) is 10.7 Å². The van der Waals surface area contributed by atoms with Gasteiger partial charge in [-0.15, -0.1) is 11.3 Å². The van der Waals surface area contributed by atoms with Gasteiger partial charge in [-0.05, 0) is 36.8 Å². The van der Waals surface area contributed by atoms with Crippen molar-refractivity contribution in [3.05, 3.63) is 39.2 Å². The number of thiocarbonyl (C=S) groups is 1. The first-order valence-corrected chi connectivity index (χ1v) is 9.79. The highest BCUT2D eigenvalue weighted by atomic mass is 35.5. The largest absolute Gasteiger partial charge is 0.506 e. The van der Waals surface area contributed by atoms with Gasteiger partial charge >= 0.3 is 5.97 Å².